The molecule has 2 rings (SSSR count). The zero-order valence-corrected chi connectivity index (χ0v) is 14.5. The molecule has 0 spiro atoms. The Bertz CT molecular complexity index is 795. The van der Waals surface area contributed by atoms with Gasteiger partial charge in [-0.1, -0.05) is 0 Å². The summed E-state index contributed by atoms with van der Waals surface area (Å²) in [6, 6.07) is 8.14. The number of carbonyl (C=O) groups excluding carboxylic acids is 1. The van der Waals surface area contributed by atoms with Gasteiger partial charge in [0.1, 0.15) is 34.3 Å². The summed E-state index contributed by atoms with van der Waals surface area (Å²) in [5.41, 5.74) is 0.726. The molecule has 0 aliphatic heterocycles. The summed E-state index contributed by atoms with van der Waals surface area (Å²) in [4.78, 5) is 12.5. The number of methoxy groups -OCH3 is 4. The molecule has 0 aliphatic carbocycles. The van der Waals surface area contributed by atoms with Gasteiger partial charge in [-0.05, 0) is 30.4 Å². The molecule has 0 aliphatic rings. The van der Waals surface area contributed by atoms with E-state index in [1.165, 1.54) is 32.4 Å². The van der Waals surface area contributed by atoms with Gasteiger partial charge < -0.3 is 24.1 Å². The van der Waals surface area contributed by atoms with Crippen LogP contribution in [0.4, 0.5) is 0 Å². The Kier molecular flexibility index (Phi) is 5.89. The Morgan fingerprint density at radius 2 is 1.56 bits per heavy atom. The SMILES string of the molecule is COc1ccc(OC)c(/C=C/C(=O)c2c(O)cc(OC)cc2OC)c1. The molecule has 0 saturated carbocycles. The number of hydrogen-bond donors (Lipinski definition) is 1. The monoisotopic (exact) mass is 344 g/mol. The number of ketones is 1. The van der Waals surface area contributed by atoms with Gasteiger partial charge >= 0.3 is 0 Å². The van der Waals surface area contributed by atoms with E-state index in [4.69, 9.17) is 18.9 Å². The molecule has 0 amide bonds. The maximum atomic E-state index is 12.5. The molecule has 0 unspecified atom stereocenters. The minimum atomic E-state index is -0.415. The van der Waals surface area contributed by atoms with Crippen molar-refractivity contribution < 1.29 is 28.8 Å². The number of benzene rings is 2. The number of phenols is 1. The second-order valence-electron chi connectivity index (χ2n) is 5.03. The van der Waals surface area contributed by atoms with E-state index in [9.17, 15) is 9.90 Å². The molecule has 132 valence electrons. The summed E-state index contributed by atoms with van der Waals surface area (Å²) < 4.78 is 20.7. The topological polar surface area (TPSA) is 74.2 Å². The first-order valence-electron chi connectivity index (χ1n) is 7.43. The van der Waals surface area contributed by atoms with Gasteiger partial charge in [0.2, 0.25) is 0 Å². The second-order valence-corrected chi connectivity index (χ2v) is 5.03. The number of hydrogen-bond acceptors (Lipinski definition) is 6. The smallest absolute Gasteiger partial charge is 0.193 e. The molecule has 6 nitrogen and oxygen atoms in total. The van der Waals surface area contributed by atoms with Crippen molar-refractivity contribution in [3.05, 3.63) is 47.5 Å². The van der Waals surface area contributed by atoms with Gasteiger partial charge in [0.05, 0.1) is 28.4 Å². The molecule has 2 aromatic rings. The summed E-state index contributed by atoms with van der Waals surface area (Å²) in [7, 11) is 5.98. The van der Waals surface area contributed by atoms with E-state index in [1.807, 2.05) is 0 Å². The fourth-order valence-corrected chi connectivity index (χ4v) is 2.32. The highest BCUT2D eigenvalue weighted by Gasteiger charge is 2.17. The molecular weight excluding hydrogens is 324 g/mol. The molecule has 0 saturated heterocycles. The van der Waals surface area contributed by atoms with E-state index in [-0.39, 0.29) is 17.1 Å². The van der Waals surface area contributed by atoms with Gasteiger partial charge in [0.15, 0.2) is 5.78 Å². The molecular formula is C19H20O6. The van der Waals surface area contributed by atoms with Crippen molar-refractivity contribution in [2.45, 2.75) is 0 Å². The van der Waals surface area contributed by atoms with Crippen LogP contribution >= 0.6 is 0 Å². The van der Waals surface area contributed by atoms with Crippen LogP contribution in [-0.2, 0) is 0 Å². The van der Waals surface area contributed by atoms with Crippen molar-refractivity contribution in [1.29, 1.82) is 0 Å². The first-order chi connectivity index (χ1) is 12.0. The highest BCUT2D eigenvalue weighted by molar-refractivity contribution is 6.10. The zero-order chi connectivity index (χ0) is 18.4. The van der Waals surface area contributed by atoms with Crippen molar-refractivity contribution in [3.8, 4) is 28.7 Å². The predicted molar refractivity (Wildman–Crippen MR) is 94.1 cm³/mol. The minimum Gasteiger partial charge on any atom is -0.507 e. The summed E-state index contributed by atoms with van der Waals surface area (Å²) in [6.07, 6.45) is 2.92. The van der Waals surface area contributed by atoms with Crippen LogP contribution in [0.2, 0.25) is 0 Å². The number of rotatable bonds is 7. The number of phenolic OH excluding ortho intramolecular Hbond substituents is 1. The standard InChI is InChI=1S/C19H20O6/c1-22-13-6-8-17(24-3)12(9-13)5-7-15(20)19-16(21)10-14(23-2)11-18(19)25-4/h5-11,21H,1-4H3/b7-5+. The summed E-state index contributed by atoms with van der Waals surface area (Å²) in [5.74, 6) is 1.22. The molecule has 6 heteroatoms. The van der Waals surface area contributed by atoms with E-state index in [0.717, 1.165) is 0 Å². The molecule has 0 radical (unpaired) electrons. The van der Waals surface area contributed by atoms with Crippen LogP contribution in [0.25, 0.3) is 6.08 Å². The van der Waals surface area contributed by atoms with Crippen molar-refractivity contribution in [3.63, 3.8) is 0 Å². The van der Waals surface area contributed by atoms with Crippen molar-refractivity contribution in [1.82, 2.24) is 0 Å². The number of aromatic hydroxyl groups is 1. The van der Waals surface area contributed by atoms with Crippen LogP contribution in [0.3, 0.4) is 0 Å². The Hall–Kier alpha value is -3.15. The van der Waals surface area contributed by atoms with E-state index in [2.05, 4.69) is 0 Å². The van der Waals surface area contributed by atoms with Gasteiger partial charge in [0, 0.05) is 17.7 Å². The lowest BCUT2D eigenvalue weighted by molar-refractivity contribution is 0.104. The van der Waals surface area contributed by atoms with Crippen LogP contribution in [0, 0.1) is 0 Å². The molecule has 0 atom stereocenters. The van der Waals surface area contributed by atoms with Gasteiger partial charge in [-0.3, -0.25) is 4.79 Å². The third kappa shape index (κ3) is 4.03. The normalized spacial score (nSPS) is 10.6. The van der Waals surface area contributed by atoms with Gasteiger partial charge in [-0.25, -0.2) is 0 Å². The largest absolute Gasteiger partial charge is 0.507 e. The predicted octanol–water partition coefficient (Wildman–Crippen LogP) is 3.32. The van der Waals surface area contributed by atoms with Crippen LogP contribution < -0.4 is 18.9 Å². The lowest BCUT2D eigenvalue weighted by Crippen LogP contribution is -2.00. The third-order valence-corrected chi connectivity index (χ3v) is 3.61. The first-order valence-corrected chi connectivity index (χ1v) is 7.43. The van der Waals surface area contributed by atoms with Crippen LogP contribution in [-0.4, -0.2) is 39.3 Å². The molecule has 0 bridgehead atoms. The Balaban J connectivity index is 2.39. The number of ether oxygens (including phenoxy) is 4. The van der Waals surface area contributed by atoms with E-state index >= 15 is 0 Å². The maximum absolute atomic E-state index is 12.5. The minimum absolute atomic E-state index is 0.0569. The van der Waals surface area contributed by atoms with E-state index in [0.29, 0.717) is 22.8 Å². The molecule has 25 heavy (non-hydrogen) atoms. The van der Waals surface area contributed by atoms with E-state index < -0.39 is 5.78 Å². The van der Waals surface area contributed by atoms with Crippen LogP contribution in [0.15, 0.2) is 36.4 Å². The maximum Gasteiger partial charge on any atom is 0.193 e. The fourth-order valence-electron chi connectivity index (χ4n) is 2.32. The quantitative estimate of drug-likeness (QED) is 0.613. The zero-order valence-electron chi connectivity index (χ0n) is 14.5. The summed E-state index contributed by atoms with van der Waals surface area (Å²) in [6.45, 7) is 0. The first kappa shape index (κ1) is 18.2. The number of carbonyl (C=O) groups is 1. The molecule has 2 aromatic carbocycles. The Labute approximate surface area is 146 Å². The third-order valence-electron chi connectivity index (χ3n) is 3.61. The van der Waals surface area contributed by atoms with Crippen molar-refractivity contribution in [2.75, 3.05) is 28.4 Å². The van der Waals surface area contributed by atoms with Crippen molar-refractivity contribution >= 4 is 11.9 Å². The average molecular weight is 344 g/mol. The lowest BCUT2D eigenvalue weighted by atomic mass is 10.1. The molecule has 1 N–H and O–H groups in total. The lowest BCUT2D eigenvalue weighted by Gasteiger charge is -2.10. The van der Waals surface area contributed by atoms with Gasteiger partial charge in [-0.2, -0.15) is 0 Å². The van der Waals surface area contributed by atoms with Gasteiger partial charge in [0.25, 0.3) is 0 Å². The van der Waals surface area contributed by atoms with E-state index in [1.54, 1.807) is 38.5 Å². The summed E-state index contributed by atoms with van der Waals surface area (Å²) >= 11 is 0. The fraction of sp³-hybridized carbons (Fsp3) is 0.211. The summed E-state index contributed by atoms with van der Waals surface area (Å²) in [5, 5.41) is 10.1. The average Bonchev–Trinajstić information content (AvgIpc) is 2.64. The second kappa shape index (κ2) is 8.10. The molecule has 0 heterocycles. The van der Waals surface area contributed by atoms with Gasteiger partial charge in [-0.15, -0.1) is 0 Å². The van der Waals surface area contributed by atoms with Crippen LogP contribution in [0.5, 0.6) is 28.7 Å². The molecule has 0 fully saturated rings. The Morgan fingerprint density at radius 1 is 0.880 bits per heavy atom. The highest BCUT2D eigenvalue weighted by atomic mass is 16.5. The molecule has 0 aromatic heterocycles. The number of allylic oxidation sites excluding steroid dienone is 1. The Morgan fingerprint density at radius 3 is 2.16 bits per heavy atom. The van der Waals surface area contributed by atoms with Crippen molar-refractivity contribution in [2.24, 2.45) is 0 Å². The van der Waals surface area contributed by atoms with Crippen LogP contribution in [0.1, 0.15) is 15.9 Å². The highest BCUT2D eigenvalue weighted by Crippen LogP contribution is 2.34.